The third-order valence-electron chi connectivity index (χ3n) is 6.25. The molecule has 0 spiro atoms. The molecule has 1 saturated carbocycles. The molecule has 2 aromatic heterocycles. The first-order chi connectivity index (χ1) is 19.6. The summed E-state index contributed by atoms with van der Waals surface area (Å²) in [6, 6.07) is 10.1. The molecule has 5 rings (SSSR count). The summed E-state index contributed by atoms with van der Waals surface area (Å²) < 4.78 is 45.1. The van der Waals surface area contributed by atoms with Crippen LogP contribution in [0.25, 0.3) is 17.1 Å². The number of carbonyl (C=O) groups excluding carboxylic acids is 2. The van der Waals surface area contributed by atoms with Gasteiger partial charge in [0.25, 0.3) is 5.91 Å². The van der Waals surface area contributed by atoms with Gasteiger partial charge in [0.05, 0.1) is 28.9 Å². The predicted molar refractivity (Wildman–Crippen MR) is 146 cm³/mol. The SMILES string of the molecule is CNC(=O)c1nnc(NC(=O)C2CC2)cc1Nc1cccc(-c2ncn(-c3ccc(S(C)(=O)=O)cc3F)n2)c1OC. The van der Waals surface area contributed by atoms with Crippen molar-refractivity contribution in [1.29, 1.82) is 0 Å². The molecule has 15 heteroatoms. The first-order valence-corrected chi connectivity index (χ1v) is 14.2. The number of amides is 2. The van der Waals surface area contributed by atoms with Crippen LogP contribution in [0.4, 0.5) is 21.6 Å². The Morgan fingerprint density at radius 1 is 1.10 bits per heavy atom. The summed E-state index contributed by atoms with van der Waals surface area (Å²) >= 11 is 0. The number of halogens is 1. The Balaban J connectivity index is 1.49. The minimum absolute atomic E-state index is 0.00301. The molecule has 41 heavy (non-hydrogen) atoms. The number of aromatic nitrogens is 5. The number of para-hydroxylation sites is 1. The van der Waals surface area contributed by atoms with Gasteiger partial charge in [-0.3, -0.25) is 9.59 Å². The van der Waals surface area contributed by atoms with E-state index < -0.39 is 21.6 Å². The van der Waals surface area contributed by atoms with E-state index in [1.165, 1.54) is 43.4 Å². The number of methoxy groups -OCH3 is 1. The molecule has 0 radical (unpaired) electrons. The zero-order chi connectivity index (χ0) is 29.3. The van der Waals surface area contributed by atoms with E-state index in [0.717, 1.165) is 25.2 Å². The Kier molecular flexibility index (Phi) is 7.36. The summed E-state index contributed by atoms with van der Waals surface area (Å²) in [6.45, 7) is 0. The lowest BCUT2D eigenvalue weighted by Gasteiger charge is -2.16. The largest absolute Gasteiger partial charge is 0.494 e. The Labute approximate surface area is 234 Å². The molecule has 2 heterocycles. The molecule has 13 nitrogen and oxygen atoms in total. The van der Waals surface area contributed by atoms with Crippen LogP contribution in [0, 0.1) is 11.7 Å². The number of carbonyl (C=O) groups is 2. The number of hydrogen-bond donors (Lipinski definition) is 3. The van der Waals surface area contributed by atoms with Gasteiger partial charge in [0.2, 0.25) is 5.91 Å². The van der Waals surface area contributed by atoms with Crippen LogP contribution in [0.1, 0.15) is 23.3 Å². The molecule has 212 valence electrons. The highest BCUT2D eigenvalue weighted by molar-refractivity contribution is 7.90. The van der Waals surface area contributed by atoms with Crippen LogP contribution in [-0.4, -0.2) is 65.6 Å². The summed E-state index contributed by atoms with van der Waals surface area (Å²) in [6.07, 6.45) is 3.91. The maximum absolute atomic E-state index is 14.8. The molecule has 2 amide bonds. The lowest BCUT2D eigenvalue weighted by molar-refractivity contribution is -0.117. The highest BCUT2D eigenvalue weighted by atomic mass is 32.2. The van der Waals surface area contributed by atoms with Crippen LogP contribution in [0.15, 0.2) is 53.7 Å². The molecular formula is C26H25FN8O5S. The third kappa shape index (κ3) is 5.84. The van der Waals surface area contributed by atoms with E-state index in [4.69, 9.17) is 4.74 Å². The number of nitrogens with zero attached hydrogens (tertiary/aromatic N) is 5. The van der Waals surface area contributed by atoms with Crippen molar-refractivity contribution in [3.63, 3.8) is 0 Å². The Bertz CT molecular complexity index is 1770. The van der Waals surface area contributed by atoms with Crippen molar-refractivity contribution < 1.29 is 27.1 Å². The van der Waals surface area contributed by atoms with E-state index in [-0.39, 0.29) is 45.4 Å². The summed E-state index contributed by atoms with van der Waals surface area (Å²) in [7, 11) is -0.688. The second-order valence-corrected chi connectivity index (χ2v) is 11.3. The van der Waals surface area contributed by atoms with Gasteiger partial charge in [-0.2, -0.15) is 0 Å². The van der Waals surface area contributed by atoms with Gasteiger partial charge in [0.1, 0.15) is 17.8 Å². The minimum atomic E-state index is -3.58. The molecule has 0 aliphatic heterocycles. The van der Waals surface area contributed by atoms with E-state index in [1.807, 2.05) is 0 Å². The van der Waals surface area contributed by atoms with Crippen LogP contribution in [-0.2, 0) is 14.6 Å². The smallest absolute Gasteiger partial charge is 0.273 e. The number of benzene rings is 2. The van der Waals surface area contributed by atoms with Crippen molar-refractivity contribution in [1.82, 2.24) is 30.3 Å². The first-order valence-electron chi connectivity index (χ1n) is 12.4. The van der Waals surface area contributed by atoms with Gasteiger partial charge in [0, 0.05) is 25.3 Å². The summed E-state index contributed by atoms with van der Waals surface area (Å²) in [5, 5.41) is 20.7. The number of anilines is 3. The molecule has 3 N–H and O–H groups in total. The topological polar surface area (TPSA) is 170 Å². The van der Waals surface area contributed by atoms with Crippen molar-refractivity contribution >= 4 is 38.8 Å². The zero-order valence-corrected chi connectivity index (χ0v) is 23.0. The molecule has 1 aliphatic rings. The van der Waals surface area contributed by atoms with Crippen molar-refractivity contribution in [2.75, 3.05) is 31.0 Å². The lowest BCUT2D eigenvalue weighted by Crippen LogP contribution is -2.22. The predicted octanol–water partition coefficient (Wildman–Crippen LogP) is 2.73. The van der Waals surface area contributed by atoms with E-state index in [2.05, 4.69) is 36.2 Å². The molecule has 0 atom stereocenters. The monoisotopic (exact) mass is 580 g/mol. The van der Waals surface area contributed by atoms with Crippen LogP contribution in [0.2, 0.25) is 0 Å². The number of hydrogen-bond acceptors (Lipinski definition) is 10. The van der Waals surface area contributed by atoms with Crippen molar-refractivity contribution in [2.24, 2.45) is 5.92 Å². The number of sulfone groups is 1. The fraction of sp³-hybridized carbons (Fsp3) is 0.231. The highest BCUT2D eigenvalue weighted by Gasteiger charge is 2.30. The zero-order valence-electron chi connectivity index (χ0n) is 22.2. The average Bonchev–Trinajstić information content (AvgIpc) is 3.69. The Morgan fingerprint density at radius 3 is 2.54 bits per heavy atom. The van der Waals surface area contributed by atoms with Gasteiger partial charge in [0.15, 0.2) is 32.9 Å². The number of nitrogens with one attached hydrogen (secondary N) is 3. The van der Waals surface area contributed by atoms with Crippen molar-refractivity contribution in [3.05, 3.63) is 60.3 Å². The fourth-order valence-corrected chi connectivity index (χ4v) is 4.62. The molecule has 4 aromatic rings. The standard InChI is InChI=1S/C26H25FN8O5S/c1-28-26(37)22-19(12-21(32-33-22)31-25(36)14-7-8-14)30-18-6-4-5-16(23(18)40-2)24-29-13-35(34-24)20-10-9-15(11-17(20)27)41(3,38)39/h4-6,9-14H,7-8H2,1-3H3,(H,28,37)(H2,30,31,32,36). The molecule has 0 unspecified atom stereocenters. The number of rotatable bonds is 9. The van der Waals surface area contributed by atoms with Crippen LogP contribution >= 0.6 is 0 Å². The van der Waals surface area contributed by atoms with Crippen molar-refractivity contribution in [2.45, 2.75) is 17.7 Å². The molecule has 0 saturated heterocycles. The van der Waals surface area contributed by atoms with Gasteiger partial charge < -0.3 is 20.7 Å². The first kappa shape index (κ1) is 27.6. The van der Waals surface area contributed by atoms with E-state index >= 15 is 0 Å². The molecule has 2 aromatic carbocycles. The summed E-state index contributed by atoms with van der Waals surface area (Å²) in [5.74, 6) is -0.835. The van der Waals surface area contributed by atoms with E-state index in [0.29, 0.717) is 17.0 Å². The minimum Gasteiger partial charge on any atom is -0.494 e. The van der Waals surface area contributed by atoms with E-state index in [9.17, 15) is 22.4 Å². The average molecular weight is 581 g/mol. The van der Waals surface area contributed by atoms with Crippen LogP contribution in [0.5, 0.6) is 5.75 Å². The van der Waals surface area contributed by atoms with Gasteiger partial charge >= 0.3 is 0 Å². The Hall–Kier alpha value is -4.92. The maximum Gasteiger partial charge on any atom is 0.273 e. The fourth-order valence-electron chi connectivity index (χ4n) is 3.99. The second-order valence-electron chi connectivity index (χ2n) is 9.24. The highest BCUT2D eigenvalue weighted by Crippen LogP contribution is 2.37. The summed E-state index contributed by atoms with van der Waals surface area (Å²) in [4.78, 5) is 28.9. The third-order valence-corrected chi connectivity index (χ3v) is 7.36. The van der Waals surface area contributed by atoms with Crippen LogP contribution in [0.3, 0.4) is 0 Å². The quantitative estimate of drug-likeness (QED) is 0.267. The summed E-state index contributed by atoms with van der Waals surface area (Å²) in [5.41, 5.74) is 1.10. The van der Waals surface area contributed by atoms with Gasteiger partial charge in [-0.1, -0.05) is 6.07 Å². The number of ether oxygens (including phenoxy) is 1. The van der Waals surface area contributed by atoms with Crippen LogP contribution < -0.4 is 20.7 Å². The molecule has 1 fully saturated rings. The molecule has 0 bridgehead atoms. The van der Waals surface area contributed by atoms with Gasteiger partial charge in [-0.15, -0.1) is 15.3 Å². The lowest BCUT2D eigenvalue weighted by atomic mass is 10.1. The van der Waals surface area contributed by atoms with E-state index in [1.54, 1.807) is 18.2 Å². The molecular weight excluding hydrogens is 555 g/mol. The normalized spacial score (nSPS) is 13.0. The Morgan fingerprint density at radius 2 is 1.88 bits per heavy atom. The maximum atomic E-state index is 14.8. The van der Waals surface area contributed by atoms with Gasteiger partial charge in [-0.25, -0.2) is 22.5 Å². The van der Waals surface area contributed by atoms with Gasteiger partial charge in [-0.05, 0) is 43.2 Å². The van der Waals surface area contributed by atoms with Crippen molar-refractivity contribution in [3.8, 4) is 22.8 Å². The second kappa shape index (κ2) is 10.9. The molecule has 1 aliphatic carbocycles.